The van der Waals surface area contributed by atoms with E-state index in [9.17, 15) is 4.79 Å². The van der Waals surface area contributed by atoms with Gasteiger partial charge in [-0.3, -0.25) is 9.48 Å². The molecule has 0 spiro atoms. The number of nitrogens with one attached hydrogen (secondary N) is 1. The number of hydrogen-bond acceptors (Lipinski definition) is 2. The van der Waals surface area contributed by atoms with Crippen LogP contribution in [0, 0.1) is 25.7 Å². The topological polar surface area (TPSA) is 46.9 Å². The van der Waals surface area contributed by atoms with Crippen molar-refractivity contribution < 1.29 is 4.79 Å². The summed E-state index contributed by atoms with van der Waals surface area (Å²) in [6.07, 6.45) is 0.681. The number of aryl methyl sites for hydroxylation is 2. The SMILES string of the molecule is CC#CCCNC(=O)c1c(C)nn(C)c1C. The number of aromatic nitrogens is 2. The van der Waals surface area contributed by atoms with Crippen LogP contribution < -0.4 is 5.32 Å². The molecule has 0 aliphatic heterocycles. The van der Waals surface area contributed by atoms with Gasteiger partial charge in [-0.1, -0.05) is 0 Å². The predicted molar refractivity (Wildman–Crippen MR) is 63.1 cm³/mol. The van der Waals surface area contributed by atoms with Crippen LogP contribution in [-0.4, -0.2) is 22.2 Å². The molecule has 0 saturated heterocycles. The van der Waals surface area contributed by atoms with E-state index in [1.54, 1.807) is 11.6 Å². The molecule has 0 atom stereocenters. The number of rotatable bonds is 3. The Morgan fingerprint density at radius 2 is 2.19 bits per heavy atom. The van der Waals surface area contributed by atoms with Gasteiger partial charge in [0.2, 0.25) is 0 Å². The van der Waals surface area contributed by atoms with Crippen molar-refractivity contribution in [2.24, 2.45) is 7.05 Å². The van der Waals surface area contributed by atoms with E-state index < -0.39 is 0 Å². The summed E-state index contributed by atoms with van der Waals surface area (Å²) in [6.45, 7) is 6.10. The molecule has 0 fully saturated rings. The number of nitrogens with zero attached hydrogens (tertiary/aromatic N) is 2. The molecule has 1 N–H and O–H groups in total. The lowest BCUT2D eigenvalue weighted by atomic mass is 10.2. The van der Waals surface area contributed by atoms with Crippen molar-refractivity contribution in [3.63, 3.8) is 0 Å². The molecule has 0 bridgehead atoms. The molecule has 0 radical (unpaired) electrons. The van der Waals surface area contributed by atoms with E-state index in [-0.39, 0.29) is 5.91 Å². The fourth-order valence-corrected chi connectivity index (χ4v) is 1.55. The highest BCUT2D eigenvalue weighted by Gasteiger charge is 2.16. The molecule has 0 unspecified atom stereocenters. The molecule has 1 aromatic rings. The molecule has 1 amide bonds. The first kappa shape index (κ1) is 12.3. The van der Waals surface area contributed by atoms with E-state index in [0.29, 0.717) is 18.5 Å². The van der Waals surface area contributed by atoms with Crippen molar-refractivity contribution in [3.8, 4) is 11.8 Å². The van der Waals surface area contributed by atoms with Gasteiger partial charge in [-0.25, -0.2) is 0 Å². The second-order valence-electron chi connectivity index (χ2n) is 3.60. The fourth-order valence-electron chi connectivity index (χ4n) is 1.55. The van der Waals surface area contributed by atoms with Crippen molar-refractivity contribution in [1.29, 1.82) is 0 Å². The zero-order valence-electron chi connectivity index (χ0n) is 10.2. The molecule has 4 nitrogen and oxygen atoms in total. The second-order valence-corrected chi connectivity index (χ2v) is 3.60. The van der Waals surface area contributed by atoms with Gasteiger partial charge >= 0.3 is 0 Å². The summed E-state index contributed by atoms with van der Waals surface area (Å²) in [5, 5.41) is 7.04. The molecule has 4 heteroatoms. The summed E-state index contributed by atoms with van der Waals surface area (Å²) in [5.41, 5.74) is 2.32. The molecule has 1 aromatic heterocycles. The Bertz CT molecular complexity index is 449. The molecule has 0 saturated carbocycles. The lowest BCUT2D eigenvalue weighted by molar-refractivity contribution is 0.0953. The largest absolute Gasteiger partial charge is 0.351 e. The van der Waals surface area contributed by atoms with Gasteiger partial charge in [-0.05, 0) is 20.8 Å². The Kier molecular flexibility index (Phi) is 4.12. The first-order chi connectivity index (χ1) is 7.57. The first-order valence-electron chi connectivity index (χ1n) is 5.26. The summed E-state index contributed by atoms with van der Waals surface area (Å²) in [7, 11) is 1.83. The zero-order chi connectivity index (χ0) is 12.1. The third kappa shape index (κ3) is 2.63. The molecular formula is C12H17N3O. The summed E-state index contributed by atoms with van der Waals surface area (Å²) >= 11 is 0. The Balaban J connectivity index is 2.68. The Morgan fingerprint density at radius 1 is 1.50 bits per heavy atom. The van der Waals surface area contributed by atoms with Crippen molar-refractivity contribution in [3.05, 3.63) is 17.0 Å². The predicted octanol–water partition coefficient (Wildman–Crippen LogP) is 1.18. The number of hydrogen-bond donors (Lipinski definition) is 1. The van der Waals surface area contributed by atoms with Gasteiger partial charge in [0.15, 0.2) is 0 Å². The van der Waals surface area contributed by atoms with Gasteiger partial charge < -0.3 is 5.32 Å². The standard InChI is InChI=1S/C12H17N3O/c1-5-6-7-8-13-12(16)11-9(2)14-15(4)10(11)3/h7-8H2,1-4H3,(H,13,16). The smallest absolute Gasteiger partial charge is 0.255 e. The van der Waals surface area contributed by atoms with Crippen LogP contribution in [0.3, 0.4) is 0 Å². The van der Waals surface area contributed by atoms with E-state index in [1.807, 2.05) is 20.9 Å². The van der Waals surface area contributed by atoms with Crippen LogP contribution in [0.15, 0.2) is 0 Å². The maximum atomic E-state index is 11.9. The summed E-state index contributed by atoms with van der Waals surface area (Å²) in [4.78, 5) is 11.9. The number of carbonyl (C=O) groups is 1. The van der Waals surface area contributed by atoms with Crippen molar-refractivity contribution in [2.75, 3.05) is 6.54 Å². The molecule has 0 aliphatic rings. The lowest BCUT2D eigenvalue weighted by Crippen LogP contribution is -2.25. The molecular weight excluding hydrogens is 202 g/mol. The van der Waals surface area contributed by atoms with E-state index in [4.69, 9.17) is 0 Å². The van der Waals surface area contributed by atoms with Crippen LogP contribution in [0.2, 0.25) is 0 Å². The van der Waals surface area contributed by atoms with Gasteiger partial charge in [0, 0.05) is 25.7 Å². The minimum Gasteiger partial charge on any atom is -0.351 e. The molecule has 1 rings (SSSR count). The third-order valence-electron chi connectivity index (χ3n) is 2.45. The van der Waals surface area contributed by atoms with Crippen molar-refractivity contribution in [1.82, 2.24) is 15.1 Å². The van der Waals surface area contributed by atoms with Crippen LogP contribution in [0.5, 0.6) is 0 Å². The minimum atomic E-state index is -0.0685. The van der Waals surface area contributed by atoms with Gasteiger partial charge in [0.25, 0.3) is 5.91 Å². The Morgan fingerprint density at radius 3 is 2.69 bits per heavy atom. The highest BCUT2D eigenvalue weighted by molar-refractivity contribution is 5.96. The van der Waals surface area contributed by atoms with E-state index in [0.717, 1.165) is 11.4 Å². The summed E-state index contributed by atoms with van der Waals surface area (Å²) in [5.74, 6) is 5.63. The first-order valence-corrected chi connectivity index (χ1v) is 5.26. The zero-order valence-corrected chi connectivity index (χ0v) is 10.2. The third-order valence-corrected chi connectivity index (χ3v) is 2.45. The maximum absolute atomic E-state index is 11.9. The van der Waals surface area contributed by atoms with Crippen LogP contribution in [0.4, 0.5) is 0 Å². The Labute approximate surface area is 96.0 Å². The van der Waals surface area contributed by atoms with Crippen LogP contribution in [-0.2, 0) is 7.05 Å². The van der Waals surface area contributed by atoms with Crippen LogP contribution in [0.25, 0.3) is 0 Å². The molecule has 0 aromatic carbocycles. The molecule has 1 heterocycles. The van der Waals surface area contributed by atoms with Crippen LogP contribution >= 0.6 is 0 Å². The maximum Gasteiger partial charge on any atom is 0.255 e. The molecule has 16 heavy (non-hydrogen) atoms. The molecule has 0 aliphatic carbocycles. The van der Waals surface area contributed by atoms with Crippen molar-refractivity contribution in [2.45, 2.75) is 27.2 Å². The average Bonchev–Trinajstić information content (AvgIpc) is 2.48. The number of carbonyl (C=O) groups excluding carboxylic acids is 1. The highest BCUT2D eigenvalue weighted by Crippen LogP contribution is 2.11. The van der Waals surface area contributed by atoms with Crippen molar-refractivity contribution >= 4 is 5.91 Å². The minimum absolute atomic E-state index is 0.0685. The van der Waals surface area contributed by atoms with E-state index in [1.165, 1.54) is 0 Å². The quantitative estimate of drug-likeness (QED) is 0.613. The number of amides is 1. The van der Waals surface area contributed by atoms with Gasteiger partial charge in [-0.2, -0.15) is 5.10 Å². The normalized spacial score (nSPS) is 9.50. The van der Waals surface area contributed by atoms with Gasteiger partial charge in [0.1, 0.15) is 0 Å². The highest BCUT2D eigenvalue weighted by atomic mass is 16.1. The fraction of sp³-hybridized carbons (Fsp3) is 0.500. The van der Waals surface area contributed by atoms with E-state index >= 15 is 0 Å². The summed E-state index contributed by atoms with van der Waals surface area (Å²) in [6, 6.07) is 0. The van der Waals surface area contributed by atoms with Crippen LogP contribution in [0.1, 0.15) is 35.1 Å². The van der Waals surface area contributed by atoms with Gasteiger partial charge in [-0.15, -0.1) is 11.8 Å². The average molecular weight is 219 g/mol. The summed E-state index contributed by atoms with van der Waals surface area (Å²) < 4.78 is 1.72. The molecule has 86 valence electrons. The Hall–Kier alpha value is -1.76. The van der Waals surface area contributed by atoms with Gasteiger partial charge in [0.05, 0.1) is 11.3 Å². The van der Waals surface area contributed by atoms with E-state index in [2.05, 4.69) is 22.3 Å². The lowest BCUT2D eigenvalue weighted by Gasteiger charge is -2.03. The second kappa shape index (κ2) is 5.36. The monoisotopic (exact) mass is 219 g/mol.